The van der Waals surface area contributed by atoms with Crippen molar-refractivity contribution in [1.29, 1.82) is 0 Å². The van der Waals surface area contributed by atoms with E-state index in [2.05, 4.69) is 25.7 Å². The van der Waals surface area contributed by atoms with Gasteiger partial charge in [-0.05, 0) is 10.6 Å². The second-order valence-electron chi connectivity index (χ2n) is 3.35. The summed E-state index contributed by atoms with van der Waals surface area (Å²) >= 11 is 7.53. The Labute approximate surface area is 71.9 Å². The minimum absolute atomic E-state index is 0.914. The Hall–Kier alpha value is 0.207. The van der Waals surface area contributed by atoms with Gasteiger partial charge in [0.2, 0.25) is 0 Å². The molecule has 10 heavy (non-hydrogen) atoms. The fraction of sp³-hybridized carbons (Fsp3) is 0.429. The summed E-state index contributed by atoms with van der Waals surface area (Å²) in [7, 11) is -1.08. The highest BCUT2D eigenvalue weighted by atomic mass is 35.5. The van der Waals surface area contributed by atoms with Gasteiger partial charge in [-0.25, -0.2) is 0 Å². The fourth-order valence-corrected chi connectivity index (χ4v) is 3.84. The van der Waals surface area contributed by atoms with Gasteiger partial charge >= 0.3 is 0 Å². The van der Waals surface area contributed by atoms with Gasteiger partial charge in [0, 0.05) is 0 Å². The van der Waals surface area contributed by atoms with Crippen LogP contribution in [0, 0.1) is 0 Å². The van der Waals surface area contributed by atoms with Crippen LogP contribution in [-0.4, -0.2) is 8.07 Å². The predicted octanol–water partition coefficient (Wildman–Crippen LogP) is 2.95. The molecule has 0 fully saturated rings. The smallest absolute Gasteiger partial charge is 0.0926 e. The lowest BCUT2D eigenvalue weighted by molar-refractivity contribution is 1.79. The van der Waals surface area contributed by atoms with E-state index in [1.807, 2.05) is 6.07 Å². The summed E-state index contributed by atoms with van der Waals surface area (Å²) in [5, 5.41) is 0. The molecule has 0 aliphatic carbocycles. The molecule has 1 aromatic heterocycles. The Morgan fingerprint density at radius 1 is 1.30 bits per heavy atom. The lowest BCUT2D eigenvalue weighted by atomic mass is 10.7. The van der Waals surface area contributed by atoms with Crippen molar-refractivity contribution in [3.8, 4) is 0 Å². The molecule has 0 N–H and O–H groups in total. The van der Waals surface area contributed by atoms with Crippen molar-refractivity contribution in [2.24, 2.45) is 0 Å². The third-order valence-corrected chi connectivity index (χ3v) is 6.15. The Kier molecular flexibility index (Phi) is 2.23. The maximum absolute atomic E-state index is 5.81. The Morgan fingerprint density at radius 3 is 2.10 bits per heavy atom. The molecule has 1 aromatic rings. The summed E-state index contributed by atoms with van der Waals surface area (Å²) in [5.41, 5.74) is 0. The fourth-order valence-electron chi connectivity index (χ4n) is 0.717. The molecule has 0 atom stereocenters. The lowest BCUT2D eigenvalue weighted by Crippen LogP contribution is -2.34. The van der Waals surface area contributed by atoms with Crippen molar-refractivity contribution < 1.29 is 0 Å². The highest BCUT2D eigenvalue weighted by Crippen LogP contribution is 2.17. The molecule has 0 saturated carbocycles. The molecule has 0 aliphatic heterocycles. The van der Waals surface area contributed by atoms with Crippen LogP contribution in [-0.2, 0) is 0 Å². The van der Waals surface area contributed by atoms with E-state index in [9.17, 15) is 0 Å². The van der Waals surface area contributed by atoms with Gasteiger partial charge in [-0.15, -0.1) is 11.3 Å². The molecule has 0 radical (unpaired) electrons. The van der Waals surface area contributed by atoms with E-state index in [4.69, 9.17) is 11.6 Å². The average molecular weight is 191 g/mol. The van der Waals surface area contributed by atoms with Gasteiger partial charge in [0.25, 0.3) is 0 Å². The minimum Gasteiger partial charge on any atom is -0.133 e. The van der Waals surface area contributed by atoms with Gasteiger partial charge in [-0.1, -0.05) is 37.3 Å². The summed E-state index contributed by atoms with van der Waals surface area (Å²) in [6.45, 7) is 6.99. The van der Waals surface area contributed by atoms with Crippen molar-refractivity contribution in [3.05, 3.63) is 16.5 Å². The van der Waals surface area contributed by atoms with E-state index in [-0.39, 0.29) is 0 Å². The van der Waals surface area contributed by atoms with Crippen molar-refractivity contribution in [3.63, 3.8) is 0 Å². The van der Waals surface area contributed by atoms with Crippen LogP contribution in [0.4, 0.5) is 0 Å². The largest absolute Gasteiger partial charge is 0.133 e. The maximum Gasteiger partial charge on any atom is 0.0926 e. The van der Waals surface area contributed by atoms with Gasteiger partial charge in [0.05, 0.1) is 12.4 Å². The van der Waals surface area contributed by atoms with Crippen molar-refractivity contribution in [1.82, 2.24) is 0 Å². The minimum atomic E-state index is -1.08. The van der Waals surface area contributed by atoms with Crippen molar-refractivity contribution >= 4 is 35.5 Å². The van der Waals surface area contributed by atoms with Crippen LogP contribution in [0.25, 0.3) is 0 Å². The van der Waals surface area contributed by atoms with E-state index in [0.29, 0.717) is 0 Å². The standard InChI is InChI=1S/C7H11ClSSi/c1-10(2,3)7-5-4-6(8)9-7/h4-5H,1-3H3. The first kappa shape index (κ1) is 8.30. The molecule has 0 aromatic carbocycles. The zero-order valence-corrected chi connectivity index (χ0v) is 9.01. The highest BCUT2D eigenvalue weighted by Gasteiger charge is 2.17. The zero-order valence-electron chi connectivity index (χ0n) is 6.44. The predicted molar refractivity (Wildman–Crippen MR) is 52.3 cm³/mol. The Morgan fingerprint density at radius 2 is 1.90 bits per heavy atom. The molecule has 56 valence electrons. The first-order valence-corrected chi connectivity index (χ1v) is 7.95. The van der Waals surface area contributed by atoms with Gasteiger partial charge in [-0.3, -0.25) is 0 Å². The van der Waals surface area contributed by atoms with Crippen molar-refractivity contribution in [2.75, 3.05) is 0 Å². The third-order valence-electron chi connectivity index (χ3n) is 1.31. The number of thiophene rings is 1. The zero-order chi connectivity index (χ0) is 7.78. The second kappa shape index (κ2) is 2.68. The highest BCUT2D eigenvalue weighted by molar-refractivity contribution is 7.28. The summed E-state index contributed by atoms with van der Waals surface area (Å²) < 4.78 is 2.40. The quantitative estimate of drug-likeness (QED) is 0.598. The van der Waals surface area contributed by atoms with Gasteiger partial charge in [-0.2, -0.15) is 0 Å². The topological polar surface area (TPSA) is 0 Å². The summed E-state index contributed by atoms with van der Waals surface area (Å²) in [4.78, 5) is 0. The van der Waals surface area contributed by atoms with Crippen LogP contribution in [0.2, 0.25) is 24.0 Å². The van der Waals surface area contributed by atoms with Crippen LogP contribution < -0.4 is 4.50 Å². The van der Waals surface area contributed by atoms with E-state index < -0.39 is 8.07 Å². The second-order valence-corrected chi connectivity index (χ2v) is 10.5. The number of hydrogen-bond acceptors (Lipinski definition) is 1. The average Bonchev–Trinajstić information content (AvgIpc) is 2.11. The van der Waals surface area contributed by atoms with Crippen LogP contribution in [0.15, 0.2) is 12.1 Å². The Bertz CT molecular complexity index is 224. The van der Waals surface area contributed by atoms with Crippen LogP contribution >= 0.6 is 22.9 Å². The molecular weight excluding hydrogens is 180 g/mol. The number of halogens is 1. The third kappa shape index (κ3) is 1.84. The first-order valence-electron chi connectivity index (χ1n) is 3.26. The summed E-state index contributed by atoms with van der Waals surface area (Å²) in [6.07, 6.45) is 0. The maximum atomic E-state index is 5.81. The van der Waals surface area contributed by atoms with E-state index in [1.165, 1.54) is 4.50 Å². The van der Waals surface area contributed by atoms with E-state index in [1.54, 1.807) is 11.3 Å². The number of hydrogen-bond donors (Lipinski definition) is 0. The first-order chi connectivity index (χ1) is 4.50. The molecule has 1 rings (SSSR count). The van der Waals surface area contributed by atoms with Crippen LogP contribution in [0.1, 0.15) is 0 Å². The van der Waals surface area contributed by atoms with Gasteiger partial charge in [0.15, 0.2) is 0 Å². The van der Waals surface area contributed by atoms with Crippen LogP contribution in [0.5, 0.6) is 0 Å². The molecular formula is C7H11ClSSi. The molecule has 0 aliphatic rings. The summed E-state index contributed by atoms with van der Waals surface area (Å²) in [6, 6.07) is 4.14. The molecule has 0 bridgehead atoms. The molecule has 0 unspecified atom stereocenters. The van der Waals surface area contributed by atoms with Gasteiger partial charge in [0.1, 0.15) is 0 Å². The van der Waals surface area contributed by atoms with Crippen LogP contribution in [0.3, 0.4) is 0 Å². The molecule has 0 nitrogen and oxygen atoms in total. The SMILES string of the molecule is C[Si](C)(C)c1ccc(Cl)s1. The molecule has 0 spiro atoms. The molecule has 0 amide bonds. The lowest BCUT2D eigenvalue weighted by Gasteiger charge is -2.11. The monoisotopic (exact) mass is 190 g/mol. The van der Waals surface area contributed by atoms with E-state index in [0.717, 1.165) is 4.34 Å². The normalized spacial score (nSPS) is 12.0. The van der Waals surface area contributed by atoms with Crippen molar-refractivity contribution in [2.45, 2.75) is 19.6 Å². The molecule has 3 heteroatoms. The summed E-state index contributed by atoms with van der Waals surface area (Å²) in [5.74, 6) is 0. The van der Waals surface area contributed by atoms with E-state index >= 15 is 0 Å². The molecule has 0 saturated heterocycles. The molecule has 1 heterocycles. The Balaban J connectivity index is 2.96. The van der Waals surface area contributed by atoms with Gasteiger partial charge < -0.3 is 0 Å². The number of rotatable bonds is 1.